The highest BCUT2D eigenvalue weighted by Crippen LogP contribution is 2.16. The Morgan fingerprint density at radius 2 is 1.83 bits per heavy atom. The second-order valence-electron chi connectivity index (χ2n) is 4.74. The van der Waals surface area contributed by atoms with Crippen molar-refractivity contribution >= 4 is 21.4 Å². The summed E-state index contributed by atoms with van der Waals surface area (Å²) in [5.41, 5.74) is 2.45. The van der Waals surface area contributed by atoms with Gasteiger partial charge in [0.2, 0.25) is 0 Å². The average Bonchev–Trinajstić information content (AvgIpc) is 2.37. The molecule has 0 saturated carbocycles. The van der Waals surface area contributed by atoms with Crippen LogP contribution in [-0.2, 0) is 16.3 Å². The number of benzene rings is 1. The summed E-state index contributed by atoms with van der Waals surface area (Å²) >= 11 is 5.93. The van der Waals surface area contributed by atoms with Crippen molar-refractivity contribution < 1.29 is 8.42 Å². The molecule has 0 radical (unpaired) electrons. The summed E-state index contributed by atoms with van der Waals surface area (Å²) in [5, 5.41) is 0. The van der Waals surface area contributed by atoms with Gasteiger partial charge in [0.15, 0.2) is 0 Å². The lowest BCUT2D eigenvalue weighted by molar-refractivity contribution is 0.548. The molecule has 0 saturated heterocycles. The van der Waals surface area contributed by atoms with E-state index in [2.05, 4.69) is 31.2 Å². The molecule has 18 heavy (non-hydrogen) atoms. The molecular weight excluding hydrogens is 268 g/mol. The first-order chi connectivity index (χ1) is 8.46. The normalized spacial score (nSPS) is 13.5. The van der Waals surface area contributed by atoms with Gasteiger partial charge in [-0.1, -0.05) is 36.8 Å². The van der Waals surface area contributed by atoms with Crippen LogP contribution in [0.15, 0.2) is 24.3 Å². The molecule has 1 atom stereocenters. The first-order valence-electron chi connectivity index (χ1n) is 6.28. The van der Waals surface area contributed by atoms with Gasteiger partial charge in [0.05, 0.1) is 5.75 Å². The molecule has 0 spiro atoms. The van der Waals surface area contributed by atoms with Crippen molar-refractivity contribution in [3.63, 3.8) is 0 Å². The smallest absolute Gasteiger partial charge is 0.150 e. The van der Waals surface area contributed by atoms with Crippen molar-refractivity contribution in [2.24, 2.45) is 5.92 Å². The summed E-state index contributed by atoms with van der Waals surface area (Å²) < 4.78 is 22.9. The molecule has 0 heterocycles. The molecule has 0 amide bonds. The summed E-state index contributed by atoms with van der Waals surface area (Å²) in [6, 6.07) is 8.32. The predicted octanol–water partition coefficient (Wildman–Crippen LogP) is 3.22. The zero-order valence-electron chi connectivity index (χ0n) is 11.0. The molecule has 0 aliphatic heterocycles. The lowest BCUT2D eigenvalue weighted by atomic mass is 9.98. The van der Waals surface area contributed by atoms with E-state index in [-0.39, 0.29) is 17.4 Å². The van der Waals surface area contributed by atoms with E-state index in [4.69, 9.17) is 11.6 Å². The van der Waals surface area contributed by atoms with Crippen molar-refractivity contribution in [1.82, 2.24) is 0 Å². The maximum absolute atomic E-state index is 11.5. The van der Waals surface area contributed by atoms with Crippen LogP contribution >= 0.6 is 11.6 Å². The molecule has 1 aromatic rings. The van der Waals surface area contributed by atoms with E-state index in [0.29, 0.717) is 12.3 Å². The standard InChI is InChI=1S/C14H21ClO2S/c1-3-18(16,17)9-8-14(11-15)10-13-6-4-12(2)5-7-13/h4-7,14H,3,8-11H2,1-2H3. The molecule has 0 bridgehead atoms. The number of sulfone groups is 1. The third kappa shape index (κ3) is 5.40. The Balaban J connectivity index is 2.54. The Kier molecular flexibility index (Phi) is 6.16. The molecule has 0 aliphatic rings. The predicted molar refractivity (Wildman–Crippen MR) is 78.0 cm³/mol. The minimum absolute atomic E-state index is 0.215. The number of halogens is 1. The summed E-state index contributed by atoms with van der Waals surface area (Å²) in [6.07, 6.45) is 1.50. The molecule has 2 nitrogen and oxygen atoms in total. The molecule has 1 aromatic carbocycles. The summed E-state index contributed by atoms with van der Waals surface area (Å²) in [7, 11) is -2.88. The molecule has 4 heteroatoms. The molecule has 0 aromatic heterocycles. The van der Waals surface area contributed by atoms with Crippen LogP contribution in [0, 0.1) is 12.8 Å². The molecule has 0 N–H and O–H groups in total. The van der Waals surface area contributed by atoms with Gasteiger partial charge < -0.3 is 0 Å². The van der Waals surface area contributed by atoms with E-state index in [9.17, 15) is 8.42 Å². The summed E-state index contributed by atoms with van der Waals surface area (Å²) in [5.74, 6) is 1.20. The Hall–Kier alpha value is -0.540. The van der Waals surface area contributed by atoms with Gasteiger partial charge in [-0.25, -0.2) is 8.42 Å². The van der Waals surface area contributed by atoms with Gasteiger partial charge in [0.1, 0.15) is 9.84 Å². The van der Waals surface area contributed by atoms with Crippen LogP contribution < -0.4 is 0 Å². The van der Waals surface area contributed by atoms with Gasteiger partial charge in [-0.2, -0.15) is 0 Å². The van der Waals surface area contributed by atoms with Crippen molar-refractivity contribution in [1.29, 1.82) is 0 Å². The van der Waals surface area contributed by atoms with Gasteiger partial charge >= 0.3 is 0 Å². The highest BCUT2D eigenvalue weighted by molar-refractivity contribution is 7.91. The minimum Gasteiger partial charge on any atom is -0.229 e. The first-order valence-corrected chi connectivity index (χ1v) is 8.64. The molecule has 0 fully saturated rings. The SMILES string of the molecule is CCS(=O)(=O)CCC(CCl)Cc1ccc(C)cc1. The number of hydrogen-bond donors (Lipinski definition) is 0. The van der Waals surface area contributed by atoms with Crippen molar-refractivity contribution in [2.45, 2.75) is 26.7 Å². The van der Waals surface area contributed by atoms with Crippen LogP contribution in [0.2, 0.25) is 0 Å². The van der Waals surface area contributed by atoms with Gasteiger partial charge in [-0.15, -0.1) is 11.6 Å². The monoisotopic (exact) mass is 288 g/mol. The zero-order chi connectivity index (χ0) is 13.6. The summed E-state index contributed by atoms with van der Waals surface area (Å²) in [6.45, 7) is 3.74. The highest BCUT2D eigenvalue weighted by atomic mass is 35.5. The van der Waals surface area contributed by atoms with E-state index in [1.54, 1.807) is 6.92 Å². The molecule has 102 valence electrons. The number of hydrogen-bond acceptors (Lipinski definition) is 2. The second kappa shape index (κ2) is 7.15. The lowest BCUT2D eigenvalue weighted by Crippen LogP contribution is -2.15. The fourth-order valence-electron chi connectivity index (χ4n) is 1.78. The molecule has 0 aliphatic carbocycles. The molecular formula is C14H21ClO2S. The third-order valence-corrected chi connectivity index (χ3v) is 5.31. The van der Waals surface area contributed by atoms with Gasteiger partial charge in [0.25, 0.3) is 0 Å². The first kappa shape index (κ1) is 15.5. The Labute approximate surface area is 115 Å². The largest absolute Gasteiger partial charge is 0.229 e. The Morgan fingerprint density at radius 1 is 1.22 bits per heavy atom. The highest BCUT2D eigenvalue weighted by Gasteiger charge is 2.14. The lowest BCUT2D eigenvalue weighted by Gasteiger charge is -2.13. The minimum atomic E-state index is -2.88. The van der Waals surface area contributed by atoms with E-state index in [1.807, 2.05) is 0 Å². The van der Waals surface area contributed by atoms with E-state index < -0.39 is 9.84 Å². The average molecular weight is 289 g/mol. The van der Waals surface area contributed by atoms with Crippen LogP contribution in [0.5, 0.6) is 0 Å². The fourth-order valence-corrected chi connectivity index (χ4v) is 3.03. The topological polar surface area (TPSA) is 34.1 Å². The van der Waals surface area contributed by atoms with E-state index in [0.717, 1.165) is 6.42 Å². The van der Waals surface area contributed by atoms with E-state index >= 15 is 0 Å². The number of alkyl halides is 1. The maximum atomic E-state index is 11.5. The molecule has 1 rings (SSSR count). The van der Waals surface area contributed by atoms with Gasteiger partial charge in [-0.3, -0.25) is 0 Å². The van der Waals surface area contributed by atoms with Gasteiger partial charge in [-0.05, 0) is 31.2 Å². The van der Waals surface area contributed by atoms with Crippen LogP contribution in [0.4, 0.5) is 0 Å². The molecule has 1 unspecified atom stereocenters. The number of aryl methyl sites for hydroxylation is 1. The third-order valence-electron chi connectivity index (χ3n) is 3.14. The fraction of sp³-hybridized carbons (Fsp3) is 0.571. The zero-order valence-corrected chi connectivity index (χ0v) is 12.6. The van der Waals surface area contributed by atoms with Crippen LogP contribution in [-0.4, -0.2) is 25.8 Å². The Bertz CT molecular complexity index is 451. The van der Waals surface area contributed by atoms with Crippen LogP contribution in [0.1, 0.15) is 24.5 Å². The summed E-state index contributed by atoms with van der Waals surface area (Å²) in [4.78, 5) is 0. The van der Waals surface area contributed by atoms with Crippen LogP contribution in [0.3, 0.4) is 0 Å². The van der Waals surface area contributed by atoms with E-state index in [1.165, 1.54) is 11.1 Å². The van der Waals surface area contributed by atoms with Crippen molar-refractivity contribution in [2.75, 3.05) is 17.4 Å². The quantitative estimate of drug-likeness (QED) is 0.722. The van der Waals surface area contributed by atoms with Gasteiger partial charge in [0, 0.05) is 11.6 Å². The van der Waals surface area contributed by atoms with Crippen molar-refractivity contribution in [3.8, 4) is 0 Å². The van der Waals surface area contributed by atoms with Crippen LogP contribution in [0.25, 0.3) is 0 Å². The Morgan fingerprint density at radius 3 is 2.33 bits per heavy atom. The second-order valence-corrected chi connectivity index (χ2v) is 7.52. The number of rotatable bonds is 7. The van der Waals surface area contributed by atoms with Crippen molar-refractivity contribution in [3.05, 3.63) is 35.4 Å². The maximum Gasteiger partial charge on any atom is 0.150 e.